The molecule has 1 fully saturated rings. The number of carboxylic acids is 1. The van der Waals surface area contributed by atoms with Gasteiger partial charge in [0.15, 0.2) is 11.5 Å². The van der Waals surface area contributed by atoms with E-state index in [0.717, 1.165) is 5.56 Å². The van der Waals surface area contributed by atoms with Gasteiger partial charge in [0, 0.05) is 13.1 Å². The Hall–Kier alpha value is -2.24. The van der Waals surface area contributed by atoms with E-state index in [1.807, 2.05) is 19.1 Å². The number of rotatable bonds is 7. The maximum Gasteiger partial charge on any atom is 0.307 e. The van der Waals surface area contributed by atoms with Crippen LogP contribution < -0.4 is 9.47 Å². The van der Waals surface area contributed by atoms with Gasteiger partial charge < -0.3 is 19.5 Å². The van der Waals surface area contributed by atoms with Crippen LogP contribution in [0.25, 0.3) is 0 Å². The summed E-state index contributed by atoms with van der Waals surface area (Å²) >= 11 is 0. The summed E-state index contributed by atoms with van der Waals surface area (Å²) in [6.07, 6.45) is 0.441. The minimum absolute atomic E-state index is 0.0929. The lowest BCUT2D eigenvalue weighted by atomic mass is 10.1. The van der Waals surface area contributed by atoms with Crippen LogP contribution in [0.5, 0.6) is 11.5 Å². The third-order valence-corrected chi connectivity index (χ3v) is 3.94. The van der Waals surface area contributed by atoms with Crippen LogP contribution >= 0.6 is 0 Å². The smallest absolute Gasteiger partial charge is 0.307 e. The summed E-state index contributed by atoms with van der Waals surface area (Å²) in [4.78, 5) is 24.9. The molecule has 1 aliphatic carbocycles. The molecule has 2 unspecified atom stereocenters. The monoisotopic (exact) mass is 307 g/mol. The zero-order valence-electron chi connectivity index (χ0n) is 13.0. The van der Waals surface area contributed by atoms with E-state index in [0.29, 0.717) is 31.0 Å². The number of methoxy groups -OCH3 is 2. The van der Waals surface area contributed by atoms with Crippen molar-refractivity contribution in [3.05, 3.63) is 23.8 Å². The van der Waals surface area contributed by atoms with E-state index in [1.165, 1.54) is 0 Å². The van der Waals surface area contributed by atoms with Crippen LogP contribution in [-0.2, 0) is 16.1 Å². The molecule has 1 aromatic carbocycles. The van der Waals surface area contributed by atoms with Gasteiger partial charge in [-0.25, -0.2) is 0 Å². The van der Waals surface area contributed by atoms with Crippen molar-refractivity contribution in [1.29, 1.82) is 0 Å². The largest absolute Gasteiger partial charge is 0.493 e. The molecule has 1 aliphatic rings. The first-order valence-electron chi connectivity index (χ1n) is 7.24. The summed E-state index contributed by atoms with van der Waals surface area (Å²) in [7, 11) is 3.13. The SMILES string of the molecule is CCN(Cc1ccc(OC)c(OC)c1)C(=O)C1CC1C(=O)O. The molecule has 0 radical (unpaired) electrons. The number of aliphatic carboxylic acids is 1. The minimum atomic E-state index is -0.888. The second-order valence-electron chi connectivity index (χ2n) is 5.33. The van der Waals surface area contributed by atoms with Crippen molar-refractivity contribution in [2.45, 2.75) is 19.9 Å². The number of hydrogen-bond donors (Lipinski definition) is 1. The first-order chi connectivity index (χ1) is 10.5. The maximum absolute atomic E-state index is 12.3. The summed E-state index contributed by atoms with van der Waals surface area (Å²) in [6.45, 7) is 2.85. The van der Waals surface area contributed by atoms with Gasteiger partial charge in [0.2, 0.25) is 5.91 Å². The summed E-state index contributed by atoms with van der Waals surface area (Å²) in [5.41, 5.74) is 0.917. The summed E-state index contributed by atoms with van der Waals surface area (Å²) in [5.74, 6) is -0.637. The Morgan fingerprint density at radius 1 is 1.23 bits per heavy atom. The second kappa shape index (κ2) is 6.68. The van der Waals surface area contributed by atoms with E-state index in [-0.39, 0.29) is 11.8 Å². The molecular formula is C16H21NO5. The predicted octanol–water partition coefficient (Wildman–Crippen LogP) is 1.77. The van der Waals surface area contributed by atoms with Gasteiger partial charge in [0.1, 0.15) is 0 Å². The standard InChI is InChI=1S/C16H21NO5/c1-4-17(15(18)11-8-12(11)16(19)20)9-10-5-6-13(21-2)14(7-10)22-3/h5-7,11-12H,4,8-9H2,1-3H3,(H,19,20). The number of nitrogens with zero attached hydrogens (tertiary/aromatic N) is 1. The fourth-order valence-corrected chi connectivity index (χ4v) is 2.52. The van der Waals surface area contributed by atoms with E-state index in [4.69, 9.17) is 14.6 Å². The van der Waals surface area contributed by atoms with Crippen LogP contribution in [0.2, 0.25) is 0 Å². The van der Waals surface area contributed by atoms with Crippen LogP contribution in [0.1, 0.15) is 18.9 Å². The van der Waals surface area contributed by atoms with Gasteiger partial charge in [-0.1, -0.05) is 6.07 Å². The average molecular weight is 307 g/mol. The average Bonchev–Trinajstić information content (AvgIpc) is 3.32. The molecule has 6 nitrogen and oxygen atoms in total. The summed E-state index contributed by atoms with van der Waals surface area (Å²) < 4.78 is 10.4. The molecule has 0 aromatic heterocycles. The zero-order valence-corrected chi connectivity index (χ0v) is 13.0. The van der Waals surface area contributed by atoms with Crippen LogP contribution in [-0.4, -0.2) is 42.6 Å². The van der Waals surface area contributed by atoms with Gasteiger partial charge in [-0.2, -0.15) is 0 Å². The number of benzene rings is 1. The Morgan fingerprint density at radius 2 is 1.91 bits per heavy atom. The first kappa shape index (κ1) is 16.1. The molecule has 6 heteroatoms. The van der Waals surface area contributed by atoms with Crippen molar-refractivity contribution >= 4 is 11.9 Å². The third-order valence-electron chi connectivity index (χ3n) is 3.94. The second-order valence-corrected chi connectivity index (χ2v) is 5.33. The Balaban J connectivity index is 2.07. The molecule has 0 saturated heterocycles. The van der Waals surface area contributed by atoms with E-state index in [1.54, 1.807) is 25.2 Å². The Labute approximate surface area is 129 Å². The van der Waals surface area contributed by atoms with Crippen molar-refractivity contribution in [3.8, 4) is 11.5 Å². The highest BCUT2D eigenvalue weighted by Crippen LogP contribution is 2.40. The van der Waals surface area contributed by atoms with Gasteiger partial charge in [-0.15, -0.1) is 0 Å². The molecule has 0 heterocycles. The molecule has 2 atom stereocenters. The van der Waals surface area contributed by atoms with E-state index < -0.39 is 11.9 Å². The summed E-state index contributed by atoms with van der Waals surface area (Å²) in [6, 6.07) is 5.50. The fraction of sp³-hybridized carbons (Fsp3) is 0.500. The molecule has 1 N–H and O–H groups in total. The molecule has 1 saturated carbocycles. The van der Waals surface area contributed by atoms with Crippen LogP contribution in [0, 0.1) is 11.8 Å². The molecule has 1 aromatic rings. The molecule has 0 aliphatic heterocycles. The highest BCUT2D eigenvalue weighted by Gasteiger charge is 2.49. The van der Waals surface area contributed by atoms with Gasteiger partial charge in [-0.3, -0.25) is 9.59 Å². The van der Waals surface area contributed by atoms with E-state index in [9.17, 15) is 9.59 Å². The molecule has 22 heavy (non-hydrogen) atoms. The Bertz CT molecular complexity index is 572. The lowest BCUT2D eigenvalue weighted by Gasteiger charge is -2.21. The number of carbonyl (C=O) groups is 2. The maximum atomic E-state index is 12.3. The first-order valence-corrected chi connectivity index (χ1v) is 7.24. The fourth-order valence-electron chi connectivity index (χ4n) is 2.52. The quantitative estimate of drug-likeness (QED) is 0.831. The van der Waals surface area contributed by atoms with Crippen molar-refractivity contribution in [3.63, 3.8) is 0 Å². The van der Waals surface area contributed by atoms with Gasteiger partial charge in [-0.05, 0) is 31.0 Å². The predicted molar refractivity (Wildman–Crippen MR) is 79.9 cm³/mol. The van der Waals surface area contributed by atoms with Crippen molar-refractivity contribution in [2.75, 3.05) is 20.8 Å². The van der Waals surface area contributed by atoms with Gasteiger partial charge >= 0.3 is 5.97 Å². The lowest BCUT2D eigenvalue weighted by molar-refractivity contribution is -0.142. The molecule has 0 bridgehead atoms. The highest BCUT2D eigenvalue weighted by molar-refractivity contribution is 5.89. The van der Waals surface area contributed by atoms with Crippen molar-refractivity contribution in [2.24, 2.45) is 11.8 Å². The topological polar surface area (TPSA) is 76.1 Å². The third kappa shape index (κ3) is 3.32. The Kier molecular flexibility index (Phi) is 4.90. The number of carbonyl (C=O) groups excluding carboxylic acids is 1. The Morgan fingerprint density at radius 3 is 2.41 bits per heavy atom. The molecule has 2 rings (SSSR count). The van der Waals surface area contributed by atoms with E-state index in [2.05, 4.69) is 0 Å². The van der Waals surface area contributed by atoms with Crippen LogP contribution in [0.15, 0.2) is 18.2 Å². The number of hydrogen-bond acceptors (Lipinski definition) is 4. The lowest BCUT2D eigenvalue weighted by Crippen LogP contribution is -2.32. The molecule has 1 amide bonds. The number of amides is 1. The van der Waals surface area contributed by atoms with Crippen molar-refractivity contribution in [1.82, 2.24) is 4.90 Å². The summed E-state index contributed by atoms with van der Waals surface area (Å²) in [5, 5.41) is 8.94. The van der Waals surface area contributed by atoms with Gasteiger partial charge in [0.05, 0.1) is 26.1 Å². The zero-order chi connectivity index (χ0) is 16.3. The molecule has 120 valence electrons. The van der Waals surface area contributed by atoms with E-state index >= 15 is 0 Å². The highest BCUT2D eigenvalue weighted by atomic mass is 16.5. The van der Waals surface area contributed by atoms with Crippen molar-refractivity contribution < 1.29 is 24.2 Å². The number of ether oxygens (including phenoxy) is 2. The van der Waals surface area contributed by atoms with Crippen LogP contribution in [0.3, 0.4) is 0 Å². The normalized spacial score (nSPS) is 19.4. The van der Waals surface area contributed by atoms with Gasteiger partial charge in [0.25, 0.3) is 0 Å². The number of carboxylic acid groups (broad SMARTS) is 1. The molecule has 0 spiro atoms. The van der Waals surface area contributed by atoms with Crippen LogP contribution in [0.4, 0.5) is 0 Å². The molecular weight excluding hydrogens is 286 g/mol. The minimum Gasteiger partial charge on any atom is -0.493 e.